The van der Waals surface area contributed by atoms with E-state index in [9.17, 15) is 5.21 Å². The highest BCUT2D eigenvalue weighted by Gasteiger charge is 2.33. The maximum atomic E-state index is 11.8. The molecule has 17 heavy (non-hydrogen) atoms. The fraction of sp³-hybridized carbons (Fsp3) is 0.538. The summed E-state index contributed by atoms with van der Waals surface area (Å²) in [6.07, 6.45) is -0.0961. The highest BCUT2D eigenvalue weighted by molar-refractivity contribution is 5.13. The maximum absolute atomic E-state index is 11.8. The Bertz CT molecular complexity index is 353. The van der Waals surface area contributed by atoms with Gasteiger partial charge in [0.25, 0.3) is 0 Å². The molecule has 0 aromatic heterocycles. The minimum atomic E-state index is -0.544. The Labute approximate surface area is 102 Å². The minimum absolute atomic E-state index is 0.0961. The Morgan fingerprint density at radius 3 is 2.65 bits per heavy atom. The van der Waals surface area contributed by atoms with Crippen LogP contribution in [0.3, 0.4) is 0 Å². The van der Waals surface area contributed by atoms with Gasteiger partial charge < -0.3 is 19.7 Å². The number of hydrogen-bond acceptors (Lipinski definition) is 3. The van der Waals surface area contributed by atoms with Gasteiger partial charge in [0.1, 0.15) is 19.2 Å². The number of hydroxylamine groups is 2. The van der Waals surface area contributed by atoms with E-state index < -0.39 is 5.79 Å². The van der Waals surface area contributed by atoms with Crippen LogP contribution in [0.5, 0.6) is 0 Å². The molecule has 1 fully saturated rings. The van der Waals surface area contributed by atoms with Crippen LogP contribution in [0.1, 0.15) is 19.4 Å². The fourth-order valence-corrected chi connectivity index (χ4v) is 2.01. The van der Waals surface area contributed by atoms with Gasteiger partial charge in [-0.05, 0) is 13.8 Å². The molecule has 94 valence electrons. The lowest BCUT2D eigenvalue weighted by molar-refractivity contribution is -0.865. The Balaban J connectivity index is 1.80. The van der Waals surface area contributed by atoms with Gasteiger partial charge in [0.15, 0.2) is 5.79 Å². The Kier molecular flexibility index (Phi) is 3.79. The van der Waals surface area contributed by atoms with Crippen LogP contribution in [0.25, 0.3) is 0 Å². The molecule has 1 aromatic rings. The average Bonchev–Trinajstić information content (AvgIpc) is 2.59. The van der Waals surface area contributed by atoms with E-state index in [0.29, 0.717) is 19.7 Å². The van der Waals surface area contributed by atoms with E-state index in [0.717, 1.165) is 5.56 Å². The summed E-state index contributed by atoms with van der Waals surface area (Å²) in [6, 6.07) is 9.77. The van der Waals surface area contributed by atoms with Crippen molar-refractivity contribution in [3.8, 4) is 0 Å². The van der Waals surface area contributed by atoms with Gasteiger partial charge >= 0.3 is 0 Å². The highest BCUT2D eigenvalue weighted by Crippen LogP contribution is 2.21. The summed E-state index contributed by atoms with van der Waals surface area (Å²) >= 11 is 0. The van der Waals surface area contributed by atoms with Gasteiger partial charge in [-0.25, -0.2) is 0 Å². The standard InChI is InChI=1S/C13H19NO3/c1-13(2)16-10-12(17-13)9-14(15)8-11-6-4-3-5-7-11/h3-7,12,14H,8-10H2,1-2H3/t12-/m0/s1. The van der Waals surface area contributed by atoms with Gasteiger partial charge in [-0.3, -0.25) is 0 Å². The first-order valence-corrected chi connectivity index (χ1v) is 5.92. The molecular weight excluding hydrogens is 218 g/mol. The van der Waals surface area contributed by atoms with Crippen molar-refractivity contribution in [1.29, 1.82) is 0 Å². The van der Waals surface area contributed by atoms with E-state index in [1.165, 1.54) is 0 Å². The quantitative estimate of drug-likeness (QED) is 0.785. The zero-order chi connectivity index (χ0) is 12.3. The first-order valence-electron chi connectivity index (χ1n) is 5.92. The van der Waals surface area contributed by atoms with Crippen LogP contribution in [0.15, 0.2) is 30.3 Å². The molecule has 1 aliphatic heterocycles. The summed E-state index contributed by atoms with van der Waals surface area (Å²) in [5.74, 6) is -0.544. The summed E-state index contributed by atoms with van der Waals surface area (Å²) < 4.78 is 11.0. The molecule has 0 amide bonds. The molecule has 0 spiro atoms. The van der Waals surface area contributed by atoms with Crippen molar-refractivity contribution in [3.63, 3.8) is 0 Å². The zero-order valence-electron chi connectivity index (χ0n) is 10.3. The summed E-state index contributed by atoms with van der Waals surface area (Å²) in [7, 11) is 0. The number of benzene rings is 1. The van der Waals surface area contributed by atoms with Crippen LogP contribution in [-0.4, -0.2) is 25.0 Å². The van der Waals surface area contributed by atoms with E-state index in [2.05, 4.69) is 0 Å². The molecule has 1 N–H and O–H groups in total. The van der Waals surface area contributed by atoms with E-state index in [4.69, 9.17) is 9.47 Å². The van der Waals surface area contributed by atoms with Crippen molar-refractivity contribution in [2.75, 3.05) is 13.2 Å². The van der Waals surface area contributed by atoms with Gasteiger partial charge in [0.2, 0.25) is 0 Å². The number of quaternary nitrogens is 1. The number of ether oxygens (including phenoxy) is 2. The molecule has 2 atom stereocenters. The molecule has 0 aliphatic carbocycles. The second-order valence-electron chi connectivity index (χ2n) is 4.86. The third-order valence-corrected chi connectivity index (χ3v) is 2.77. The van der Waals surface area contributed by atoms with Crippen molar-refractivity contribution in [3.05, 3.63) is 41.1 Å². The maximum Gasteiger partial charge on any atom is 0.163 e. The monoisotopic (exact) mass is 237 g/mol. The third kappa shape index (κ3) is 3.78. The molecule has 4 nitrogen and oxygen atoms in total. The molecule has 4 heteroatoms. The van der Waals surface area contributed by atoms with Crippen LogP contribution < -0.4 is 5.06 Å². The Morgan fingerprint density at radius 2 is 2.06 bits per heavy atom. The second kappa shape index (κ2) is 5.14. The van der Waals surface area contributed by atoms with E-state index >= 15 is 0 Å². The van der Waals surface area contributed by atoms with Crippen LogP contribution >= 0.6 is 0 Å². The van der Waals surface area contributed by atoms with Crippen molar-refractivity contribution in [1.82, 2.24) is 0 Å². The summed E-state index contributed by atoms with van der Waals surface area (Å²) in [5, 5.41) is 12.0. The first kappa shape index (κ1) is 12.5. The smallest absolute Gasteiger partial charge is 0.163 e. The number of hydrogen-bond donors (Lipinski definition) is 1. The Morgan fingerprint density at radius 1 is 1.35 bits per heavy atom. The Hall–Kier alpha value is -0.940. The van der Waals surface area contributed by atoms with Gasteiger partial charge in [-0.15, -0.1) is 0 Å². The lowest BCUT2D eigenvalue weighted by atomic mass is 10.2. The SMILES string of the molecule is CC1(C)OC[C@H](C[NH+]([O-])Cc2ccccc2)O1. The number of rotatable bonds is 4. The minimum Gasteiger partial charge on any atom is -0.634 e. The molecule has 0 saturated carbocycles. The third-order valence-electron chi connectivity index (χ3n) is 2.77. The van der Waals surface area contributed by atoms with E-state index in [1.54, 1.807) is 0 Å². The second-order valence-corrected chi connectivity index (χ2v) is 4.86. The van der Waals surface area contributed by atoms with Crippen LogP contribution in [0, 0.1) is 5.21 Å². The van der Waals surface area contributed by atoms with Gasteiger partial charge in [-0.1, -0.05) is 30.3 Å². The van der Waals surface area contributed by atoms with Crippen molar-refractivity contribution in [2.24, 2.45) is 0 Å². The predicted molar refractivity (Wildman–Crippen MR) is 64.2 cm³/mol. The highest BCUT2D eigenvalue weighted by atomic mass is 16.7. The molecule has 1 saturated heterocycles. The van der Waals surface area contributed by atoms with E-state index in [1.807, 2.05) is 44.2 Å². The molecule has 1 heterocycles. The van der Waals surface area contributed by atoms with Gasteiger partial charge in [0.05, 0.1) is 6.61 Å². The fourth-order valence-electron chi connectivity index (χ4n) is 2.01. The van der Waals surface area contributed by atoms with Gasteiger partial charge in [-0.2, -0.15) is 0 Å². The van der Waals surface area contributed by atoms with Crippen molar-refractivity contribution in [2.45, 2.75) is 32.3 Å². The van der Waals surface area contributed by atoms with Gasteiger partial charge in [0, 0.05) is 5.56 Å². The number of nitrogens with one attached hydrogen (secondary N) is 1. The largest absolute Gasteiger partial charge is 0.634 e. The van der Waals surface area contributed by atoms with Crippen LogP contribution in [0.4, 0.5) is 0 Å². The summed E-state index contributed by atoms with van der Waals surface area (Å²) in [5.41, 5.74) is 1.05. The van der Waals surface area contributed by atoms with Crippen molar-refractivity contribution >= 4 is 0 Å². The molecule has 1 unspecified atom stereocenters. The lowest BCUT2D eigenvalue weighted by Crippen LogP contribution is -3.07. The first-order chi connectivity index (χ1) is 8.05. The molecular formula is C13H19NO3. The molecule has 0 radical (unpaired) electrons. The summed E-state index contributed by atoms with van der Waals surface area (Å²) in [6.45, 7) is 5.15. The molecule has 1 aliphatic rings. The van der Waals surface area contributed by atoms with E-state index in [-0.39, 0.29) is 11.2 Å². The molecule has 2 rings (SSSR count). The van der Waals surface area contributed by atoms with Crippen molar-refractivity contribution < 1.29 is 14.5 Å². The predicted octanol–water partition coefficient (Wildman–Crippen LogP) is 0.721. The average molecular weight is 237 g/mol. The lowest BCUT2D eigenvalue weighted by Gasteiger charge is -2.25. The summed E-state index contributed by atoms with van der Waals surface area (Å²) in [4.78, 5) is 0. The normalized spacial score (nSPS) is 24.8. The zero-order valence-corrected chi connectivity index (χ0v) is 10.3. The topological polar surface area (TPSA) is 46.0 Å². The molecule has 1 aromatic carbocycles. The molecule has 0 bridgehead atoms. The van der Waals surface area contributed by atoms with Crippen LogP contribution in [0.2, 0.25) is 0 Å². The van der Waals surface area contributed by atoms with Crippen LogP contribution in [-0.2, 0) is 16.0 Å².